The van der Waals surface area contributed by atoms with Crippen molar-refractivity contribution in [1.82, 2.24) is 24.9 Å². The van der Waals surface area contributed by atoms with E-state index in [0.29, 0.717) is 5.92 Å². The third-order valence-corrected chi connectivity index (χ3v) is 6.46. The molecule has 1 aliphatic heterocycles. The number of H-pyrrole nitrogens is 1. The lowest BCUT2D eigenvalue weighted by Gasteiger charge is -2.31. The van der Waals surface area contributed by atoms with Crippen LogP contribution in [0.15, 0.2) is 54.9 Å². The topological polar surface area (TPSA) is 49.7 Å². The fourth-order valence-corrected chi connectivity index (χ4v) is 4.51. The zero-order valence-electron chi connectivity index (χ0n) is 17.1. The standard InChI is InChI=1S/C24H27N5/c1-17-22(14-26-28(17)2)16-29-11-9-19(10-12-29)24-23(15-25-27-24)21-8-7-18-5-3-4-6-20(18)13-21/h3-8,13-15,19H,9-12,16H2,1-2H3,(H,25,27). The number of aromatic amines is 1. The predicted molar refractivity (Wildman–Crippen MR) is 117 cm³/mol. The number of hydrogen-bond donors (Lipinski definition) is 1. The van der Waals surface area contributed by atoms with Crippen LogP contribution in [-0.2, 0) is 13.6 Å². The summed E-state index contributed by atoms with van der Waals surface area (Å²) in [4.78, 5) is 2.55. The van der Waals surface area contributed by atoms with Crippen LogP contribution in [0.3, 0.4) is 0 Å². The minimum absolute atomic E-state index is 0.533. The van der Waals surface area contributed by atoms with Crippen LogP contribution in [-0.4, -0.2) is 38.0 Å². The molecule has 0 unspecified atom stereocenters. The number of hydrogen-bond acceptors (Lipinski definition) is 3. The first kappa shape index (κ1) is 18.1. The van der Waals surface area contributed by atoms with Gasteiger partial charge in [-0.2, -0.15) is 10.2 Å². The molecule has 4 aromatic rings. The van der Waals surface area contributed by atoms with Crippen LogP contribution >= 0.6 is 0 Å². The molecule has 29 heavy (non-hydrogen) atoms. The van der Waals surface area contributed by atoms with Gasteiger partial charge in [0.25, 0.3) is 0 Å². The smallest absolute Gasteiger partial charge is 0.0568 e. The molecule has 1 fully saturated rings. The summed E-state index contributed by atoms with van der Waals surface area (Å²) in [6.07, 6.45) is 6.31. The fourth-order valence-electron chi connectivity index (χ4n) is 4.51. The van der Waals surface area contributed by atoms with Crippen molar-refractivity contribution in [3.05, 3.63) is 71.8 Å². The highest BCUT2D eigenvalue weighted by molar-refractivity contribution is 5.87. The molecule has 0 spiro atoms. The first-order valence-corrected chi connectivity index (χ1v) is 10.4. The average molecular weight is 386 g/mol. The van der Waals surface area contributed by atoms with Gasteiger partial charge in [0.15, 0.2) is 0 Å². The van der Waals surface area contributed by atoms with E-state index in [2.05, 4.69) is 69.6 Å². The quantitative estimate of drug-likeness (QED) is 0.556. The first-order valence-electron chi connectivity index (χ1n) is 10.4. The summed E-state index contributed by atoms with van der Waals surface area (Å²) in [7, 11) is 2.01. The lowest BCUT2D eigenvalue weighted by molar-refractivity contribution is 0.203. The maximum Gasteiger partial charge on any atom is 0.0568 e. The van der Waals surface area contributed by atoms with E-state index in [4.69, 9.17) is 0 Å². The van der Waals surface area contributed by atoms with Crippen LogP contribution < -0.4 is 0 Å². The van der Waals surface area contributed by atoms with Crippen LogP contribution in [0.4, 0.5) is 0 Å². The Kier molecular flexibility index (Phi) is 4.68. The van der Waals surface area contributed by atoms with Gasteiger partial charge in [0, 0.05) is 42.0 Å². The summed E-state index contributed by atoms with van der Waals surface area (Å²) in [5.41, 5.74) is 6.39. The van der Waals surface area contributed by atoms with E-state index < -0.39 is 0 Å². The normalized spacial score (nSPS) is 15.9. The molecule has 148 valence electrons. The van der Waals surface area contributed by atoms with Gasteiger partial charge in [-0.25, -0.2) is 0 Å². The molecule has 1 N–H and O–H groups in total. The van der Waals surface area contributed by atoms with Gasteiger partial charge in [-0.3, -0.25) is 14.7 Å². The van der Waals surface area contributed by atoms with E-state index in [1.165, 1.54) is 38.9 Å². The number of likely N-dealkylation sites (tertiary alicyclic amines) is 1. The Morgan fingerprint density at radius 3 is 2.59 bits per heavy atom. The Morgan fingerprint density at radius 1 is 1.03 bits per heavy atom. The third-order valence-electron chi connectivity index (χ3n) is 6.46. The van der Waals surface area contributed by atoms with E-state index in [0.717, 1.165) is 32.5 Å². The molecule has 0 amide bonds. The van der Waals surface area contributed by atoms with Crippen LogP contribution in [0.5, 0.6) is 0 Å². The second-order valence-electron chi connectivity index (χ2n) is 8.19. The molecule has 1 saturated heterocycles. The minimum Gasteiger partial charge on any atom is -0.299 e. The molecule has 0 aliphatic carbocycles. The number of fused-ring (bicyclic) bond motifs is 1. The maximum absolute atomic E-state index is 4.41. The number of nitrogens with one attached hydrogen (secondary N) is 1. The number of piperidine rings is 1. The molecule has 5 rings (SSSR count). The highest BCUT2D eigenvalue weighted by atomic mass is 15.3. The summed E-state index contributed by atoms with van der Waals surface area (Å²) in [5.74, 6) is 0.533. The molecule has 2 aromatic heterocycles. The van der Waals surface area contributed by atoms with Crippen molar-refractivity contribution >= 4 is 10.8 Å². The Labute approximate surface area is 171 Å². The molecule has 2 aromatic carbocycles. The van der Waals surface area contributed by atoms with Gasteiger partial charge >= 0.3 is 0 Å². The summed E-state index contributed by atoms with van der Waals surface area (Å²) >= 11 is 0. The molecular formula is C24H27N5. The number of benzene rings is 2. The summed E-state index contributed by atoms with van der Waals surface area (Å²) in [6.45, 7) is 5.35. The van der Waals surface area contributed by atoms with E-state index in [1.54, 1.807) is 0 Å². The van der Waals surface area contributed by atoms with E-state index >= 15 is 0 Å². The molecule has 3 heterocycles. The van der Waals surface area contributed by atoms with Gasteiger partial charge < -0.3 is 0 Å². The summed E-state index contributed by atoms with van der Waals surface area (Å²) in [6, 6.07) is 15.2. The molecule has 0 saturated carbocycles. The molecule has 0 radical (unpaired) electrons. The van der Waals surface area contributed by atoms with Crippen LogP contribution in [0.25, 0.3) is 21.9 Å². The van der Waals surface area contributed by atoms with Crippen LogP contribution in [0.1, 0.15) is 35.7 Å². The molecule has 5 nitrogen and oxygen atoms in total. The number of aryl methyl sites for hydroxylation is 1. The first-order chi connectivity index (χ1) is 14.2. The SMILES string of the molecule is Cc1c(CN2CCC(c3[nH]ncc3-c3ccc4ccccc4c3)CC2)cnn1C. The Balaban J connectivity index is 1.32. The molecule has 5 heteroatoms. The van der Waals surface area contributed by atoms with Crippen LogP contribution in [0, 0.1) is 6.92 Å². The van der Waals surface area contributed by atoms with Crippen molar-refractivity contribution in [1.29, 1.82) is 0 Å². The van der Waals surface area contributed by atoms with Crippen LogP contribution in [0.2, 0.25) is 0 Å². The van der Waals surface area contributed by atoms with Crippen molar-refractivity contribution in [3.8, 4) is 11.1 Å². The van der Waals surface area contributed by atoms with Gasteiger partial charge in [0.2, 0.25) is 0 Å². The Bertz CT molecular complexity index is 1130. The van der Waals surface area contributed by atoms with Gasteiger partial charge in [-0.15, -0.1) is 0 Å². The largest absolute Gasteiger partial charge is 0.299 e. The second kappa shape index (κ2) is 7.48. The minimum atomic E-state index is 0.533. The lowest BCUT2D eigenvalue weighted by Crippen LogP contribution is -2.32. The van der Waals surface area contributed by atoms with Gasteiger partial charge in [-0.1, -0.05) is 36.4 Å². The molecule has 1 aliphatic rings. The van der Waals surface area contributed by atoms with Gasteiger partial charge in [0.1, 0.15) is 0 Å². The van der Waals surface area contributed by atoms with Crippen molar-refractivity contribution in [2.24, 2.45) is 7.05 Å². The Morgan fingerprint density at radius 2 is 1.83 bits per heavy atom. The van der Waals surface area contributed by atoms with Crippen molar-refractivity contribution < 1.29 is 0 Å². The third kappa shape index (κ3) is 3.47. The Hall–Kier alpha value is -2.92. The van der Waals surface area contributed by atoms with Crippen molar-refractivity contribution in [3.63, 3.8) is 0 Å². The van der Waals surface area contributed by atoms with Crippen molar-refractivity contribution in [2.75, 3.05) is 13.1 Å². The van der Waals surface area contributed by atoms with E-state index in [1.807, 2.05) is 24.1 Å². The highest BCUT2D eigenvalue weighted by Crippen LogP contribution is 2.35. The summed E-state index contributed by atoms with van der Waals surface area (Å²) < 4.78 is 1.96. The van der Waals surface area contributed by atoms with Crippen molar-refractivity contribution in [2.45, 2.75) is 32.2 Å². The fraction of sp³-hybridized carbons (Fsp3) is 0.333. The predicted octanol–water partition coefficient (Wildman–Crippen LogP) is 4.65. The van der Waals surface area contributed by atoms with Gasteiger partial charge in [-0.05, 0) is 55.3 Å². The monoisotopic (exact) mass is 385 g/mol. The number of aromatic nitrogens is 4. The zero-order chi connectivity index (χ0) is 19.8. The van der Waals surface area contributed by atoms with Gasteiger partial charge in [0.05, 0.1) is 12.4 Å². The number of nitrogens with zero attached hydrogens (tertiary/aromatic N) is 4. The average Bonchev–Trinajstić information content (AvgIpc) is 3.37. The number of rotatable bonds is 4. The molecular weight excluding hydrogens is 358 g/mol. The van der Waals surface area contributed by atoms with E-state index in [9.17, 15) is 0 Å². The zero-order valence-corrected chi connectivity index (χ0v) is 17.1. The molecule has 0 atom stereocenters. The van der Waals surface area contributed by atoms with E-state index in [-0.39, 0.29) is 0 Å². The highest BCUT2D eigenvalue weighted by Gasteiger charge is 2.25. The maximum atomic E-state index is 4.41. The lowest BCUT2D eigenvalue weighted by atomic mass is 9.89. The molecule has 0 bridgehead atoms. The summed E-state index contributed by atoms with van der Waals surface area (Å²) in [5, 5.41) is 14.7. The second-order valence-corrected chi connectivity index (χ2v) is 8.19.